The minimum absolute atomic E-state index is 0.123. The highest BCUT2D eigenvalue weighted by atomic mass is 32.1. The molecule has 32 heavy (non-hydrogen) atoms. The Bertz CT molecular complexity index is 1010. The highest BCUT2D eigenvalue weighted by molar-refractivity contribution is 7.10. The Morgan fingerprint density at radius 1 is 1.03 bits per heavy atom. The summed E-state index contributed by atoms with van der Waals surface area (Å²) in [6, 6.07) is 17.2. The van der Waals surface area contributed by atoms with Crippen LogP contribution >= 0.6 is 22.7 Å². The van der Waals surface area contributed by atoms with Crippen molar-refractivity contribution in [2.75, 3.05) is 26.2 Å². The van der Waals surface area contributed by atoms with E-state index in [9.17, 15) is 9.90 Å². The van der Waals surface area contributed by atoms with Gasteiger partial charge in [0.2, 0.25) is 5.60 Å². The van der Waals surface area contributed by atoms with Gasteiger partial charge in [0, 0.05) is 35.6 Å². The molecule has 168 valence electrons. The van der Waals surface area contributed by atoms with Crippen LogP contribution in [0.25, 0.3) is 0 Å². The third-order valence-electron chi connectivity index (χ3n) is 7.30. The molecule has 0 saturated carbocycles. The minimum atomic E-state index is -1.76. The molecule has 3 aliphatic heterocycles. The lowest BCUT2D eigenvalue weighted by molar-refractivity contribution is -0.946. The lowest BCUT2D eigenvalue weighted by Gasteiger charge is -2.52. The Labute approximate surface area is 197 Å². The number of carbonyl (C=O) groups is 1. The van der Waals surface area contributed by atoms with Crippen LogP contribution in [0.3, 0.4) is 0 Å². The molecule has 0 amide bonds. The van der Waals surface area contributed by atoms with Gasteiger partial charge in [-0.05, 0) is 29.3 Å². The maximum atomic E-state index is 13.5. The average Bonchev–Trinajstić information content (AvgIpc) is 3.55. The highest BCUT2D eigenvalue weighted by Gasteiger charge is 2.50. The number of aliphatic hydroxyl groups is 1. The van der Waals surface area contributed by atoms with E-state index in [4.69, 9.17) is 4.74 Å². The fraction of sp³-hybridized carbons (Fsp3) is 0.423. The molecule has 3 aromatic rings. The number of carbonyl (C=O) groups excluding carboxylic acids is 1. The summed E-state index contributed by atoms with van der Waals surface area (Å²) in [6.45, 7) is 4.36. The summed E-state index contributed by atoms with van der Waals surface area (Å²) in [7, 11) is 0. The van der Waals surface area contributed by atoms with Gasteiger partial charge in [0.25, 0.3) is 0 Å². The molecule has 6 heteroatoms. The van der Waals surface area contributed by atoms with Crippen molar-refractivity contribution in [3.8, 4) is 0 Å². The molecule has 0 unspecified atom stereocenters. The molecule has 0 radical (unpaired) electrons. The summed E-state index contributed by atoms with van der Waals surface area (Å²) in [5.74, 6) is -0.138. The van der Waals surface area contributed by atoms with Crippen molar-refractivity contribution in [3.63, 3.8) is 0 Å². The summed E-state index contributed by atoms with van der Waals surface area (Å²) < 4.78 is 7.19. The van der Waals surface area contributed by atoms with E-state index < -0.39 is 11.6 Å². The standard InChI is InChI=1S/C26H30NO3S2/c28-25(26(29,24-11-6-18-32-24)21-7-2-1-3-8-21)30-23-19-27(15-12-20(23)13-16-27)14-4-9-22-10-5-17-31-22/h1-3,5-8,10-11,17-18,20,23,29H,4,9,12-16,19H2/q+1/t20?,23-,26-,27?/m0/s1. The van der Waals surface area contributed by atoms with Gasteiger partial charge < -0.3 is 14.3 Å². The zero-order valence-corrected chi connectivity index (χ0v) is 19.8. The van der Waals surface area contributed by atoms with E-state index in [0.29, 0.717) is 16.4 Å². The molecule has 5 heterocycles. The van der Waals surface area contributed by atoms with Crippen LogP contribution < -0.4 is 0 Å². The van der Waals surface area contributed by atoms with Gasteiger partial charge in [-0.2, -0.15) is 0 Å². The number of hydrogen-bond acceptors (Lipinski definition) is 5. The molecule has 1 aromatic carbocycles. The van der Waals surface area contributed by atoms with Crippen LogP contribution in [0.4, 0.5) is 0 Å². The SMILES string of the molecule is O=C(O[C@H]1C[N+]2(CCCc3cccs3)CCC1CC2)[C@](O)(c1ccccc1)c1cccs1. The summed E-state index contributed by atoms with van der Waals surface area (Å²) in [6.07, 6.45) is 4.36. The fourth-order valence-corrected chi connectivity index (χ4v) is 7.04. The van der Waals surface area contributed by atoms with E-state index in [0.717, 1.165) is 43.3 Å². The molecule has 4 nitrogen and oxygen atoms in total. The van der Waals surface area contributed by atoms with Crippen LogP contribution in [-0.4, -0.2) is 47.8 Å². The van der Waals surface area contributed by atoms with E-state index in [1.54, 1.807) is 12.1 Å². The predicted molar refractivity (Wildman–Crippen MR) is 129 cm³/mol. The zero-order chi connectivity index (χ0) is 22.0. The van der Waals surface area contributed by atoms with Gasteiger partial charge >= 0.3 is 5.97 Å². The third-order valence-corrected chi connectivity index (χ3v) is 9.22. The summed E-state index contributed by atoms with van der Waals surface area (Å²) in [4.78, 5) is 15.6. The van der Waals surface area contributed by atoms with Crippen LogP contribution in [0.5, 0.6) is 0 Å². The molecule has 2 aromatic heterocycles. The Morgan fingerprint density at radius 3 is 2.47 bits per heavy atom. The van der Waals surface area contributed by atoms with Gasteiger partial charge in [-0.3, -0.25) is 0 Å². The predicted octanol–water partition coefficient (Wildman–Crippen LogP) is 4.83. The Balaban J connectivity index is 1.31. The van der Waals surface area contributed by atoms with Crippen LogP contribution in [0, 0.1) is 5.92 Å². The summed E-state index contributed by atoms with van der Waals surface area (Å²) in [5, 5.41) is 15.7. The molecule has 3 saturated heterocycles. The first-order chi connectivity index (χ1) is 15.6. The first kappa shape index (κ1) is 21.8. The average molecular weight is 469 g/mol. The van der Waals surface area contributed by atoms with Crippen molar-refractivity contribution in [2.45, 2.75) is 37.4 Å². The van der Waals surface area contributed by atoms with Crippen LogP contribution in [0.1, 0.15) is 34.6 Å². The number of aryl methyl sites for hydroxylation is 1. The number of esters is 1. The lowest BCUT2D eigenvalue weighted by atomic mass is 9.82. The summed E-state index contributed by atoms with van der Waals surface area (Å²) >= 11 is 3.22. The normalized spacial score (nSPS) is 26.5. The number of benzene rings is 1. The van der Waals surface area contributed by atoms with E-state index >= 15 is 0 Å². The number of nitrogens with zero attached hydrogens (tertiary/aromatic N) is 1. The maximum absolute atomic E-state index is 13.5. The van der Waals surface area contributed by atoms with E-state index in [1.165, 1.54) is 29.3 Å². The van der Waals surface area contributed by atoms with Gasteiger partial charge in [-0.15, -0.1) is 22.7 Å². The molecule has 0 aliphatic carbocycles. The first-order valence-corrected chi connectivity index (χ1v) is 13.3. The van der Waals surface area contributed by atoms with Crippen molar-refractivity contribution >= 4 is 28.6 Å². The highest BCUT2D eigenvalue weighted by Crippen LogP contribution is 2.39. The van der Waals surface area contributed by atoms with Crippen molar-refractivity contribution in [3.05, 3.63) is 80.7 Å². The van der Waals surface area contributed by atoms with Gasteiger partial charge in [0.05, 0.1) is 24.5 Å². The smallest absolute Gasteiger partial charge is 0.349 e. The zero-order valence-electron chi connectivity index (χ0n) is 18.2. The van der Waals surface area contributed by atoms with Gasteiger partial charge in [0.1, 0.15) is 6.54 Å². The lowest BCUT2D eigenvalue weighted by Crippen LogP contribution is -2.65. The molecule has 6 rings (SSSR count). The first-order valence-electron chi connectivity index (χ1n) is 11.5. The van der Waals surface area contributed by atoms with E-state index in [-0.39, 0.29) is 6.10 Å². The van der Waals surface area contributed by atoms with Crippen molar-refractivity contribution < 1.29 is 19.1 Å². The molecule has 3 aliphatic rings. The van der Waals surface area contributed by atoms with Crippen LogP contribution in [0.2, 0.25) is 0 Å². The fourth-order valence-electron chi connectivity index (χ4n) is 5.46. The van der Waals surface area contributed by atoms with Gasteiger partial charge in [0.15, 0.2) is 6.10 Å². The second-order valence-electron chi connectivity index (χ2n) is 9.21. The maximum Gasteiger partial charge on any atom is 0.349 e. The second-order valence-corrected chi connectivity index (χ2v) is 11.2. The molecule has 2 atom stereocenters. The number of hydrogen-bond donors (Lipinski definition) is 1. The topological polar surface area (TPSA) is 46.5 Å². The molecule has 1 N–H and O–H groups in total. The molecule has 2 bridgehead atoms. The number of fused-ring (bicyclic) bond motifs is 3. The Kier molecular flexibility index (Phi) is 6.21. The number of ether oxygens (including phenoxy) is 1. The molecule has 0 spiro atoms. The molecular formula is C26H30NO3S2+. The third kappa shape index (κ3) is 4.17. The van der Waals surface area contributed by atoms with Crippen LogP contribution in [0.15, 0.2) is 65.4 Å². The molecular weight excluding hydrogens is 438 g/mol. The van der Waals surface area contributed by atoms with Crippen molar-refractivity contribution in [1.29, 1.82) is 0 Å². The van der Waals surface area contributed by atoms with Gasteiger partial charge in [-0.25, -0.2) is 4.79 Å². The summed E-state index contributed by atoms with van der Waals surface area (Å²) in [5.41, 5.74) is -1.19. The number of rotatable bonds is 8. The van der Waals surface area contributed by atoms with Crippen molar-refractivity contribution in [2.24, 2.45) is 5.92 Å². The second kappa shape index (κ2) is 9.10. The molecule has 3 fully saturated rings. The van der Waals surface area contributed by atoms with Crippen molar-refractivity contribution in [1.82, 2.24) is 0 Å². The number of quaternary nitrogens is 1. The minimum Gasteiger partial charge on any atom is -0.453 e. The number of thiophene rings is 2. The van der Waals surface area contributed by atoms with E-state index in [2.05, 4.69) is 17.5 Å². The monoisotopic (exact) mass is 468 g/mol. The Hall–Kier alpha value is -1.99. The van der Waals surface area contributed by atoms with Gasteiger partial charge in [-0.1, -0.05) is 42.5 Å². The van der Waals surface area contributed by atoms with Crippen LogP contribution in [-0.2, 0) is 21.6 Å². The quantitative estimate of drug-likeness (QED) is 0.380. The largest absolute Gasteiger partial charge is 0.453 e. The number of piperidine rings is 3. The Morgan fingerprint density at radius 2 is 1.78 bits per heavy atom. The van der Waals surface area contributed by atoms with E-state index in [1.807, 2.05) is 47.0 Å².